The minimum absolute atomic E-state index is 0.0764. The van der Waals surface area contributed by atoms with Crippen molar-refractivity contribution in [1.29, 1.82) is 0 Å². The van der Waals surface area contributed by atoms with Crippen molar-refractivity contribution in [1.82, 2.24) is 14.9 Å². The van der Waals surface area contributed by atoms with Gasteiger partial charge in [0.2, 0.25) is 5.91 Å². The highest BCUT2D eigenvalue weighted by molar-refractivity contribution is 7.80. The molecule has 2 atom stereocenters. The molecule has 10 heteroatoms. The average molecular weight is 564 g/mol. The molecular formula is C29H27ClFN5O2S. The molecule has 0 aliphatic carbocycles. The predicted molar refractivity (Wildman–Crippen MR) is 155 cm³/mol. The Hall–Kier alpha value is -3.79. The van der Waals surface area contributed by atoms with Gasteiger partial charge in [-0.05, 0) is 86.2 Å². The van der Waals surface area contributed by atoms with E-state index in [4.69, 9.17) is 28.6 Å². The molecule has 1 amide bonds. The molecule has 1 fully saturated rings. The van der Waals surface area contributed by atoms with Gasteiger partial charge in [-0.1, -0.05) is 23.7 Å². The Morgan fingerprint density at radius 1 is 1.13 bits per heavy atom. The third-order valence-electron chi connectivity index (χ3n) is 6.73. The lowest BCUT2D eigenvalue weighted by Gasteiger charge is -2.28. The van der Waals surface area contributed by atoms with E-state index in [2.05, 4.69) is 21.7 Å². The summed E-state index contributed by atoms with van der Waals surface area (Å²) in [6.45, 7) is 3.94. The molecule has 200 valence electrons. The van der Waals surface area contributed by atoms with Crippen LogP contribution < -0.4 is 15.5 Å². The van der Waals surface area contributed by atoms with E-state index in [9.17, 15) is 9.18 Å². The second kappa shape index (κ2) is 11.1. The molecule has 2 aromatic heterocycles. The second-order valence-corrected chi connectivity index (χ2v) is 10.1. The molecule has 7 nitrogen and oxygen atoms in total. The number of nitrogens with one attached hydrogen (secondary N) is 2. The molecule has 0 saturated carbocycles. The summed E-state index contributed by atoms with van der Waals surface area (Å²) in [5.74, 6) is -0.603. The van der Waals surface area contributed by atoms with Gasteiger partial charge in [-0.2, -0.15) is 0 Å². The number of benzene rings is 2. The van der Waals surface area contributed by atoms with E-state index in [0.717, 1.165) is 34.0 Å². The smallest absolute Gasteiger partial charge is 0.250 e. The molecule has 2 aromatic carbocycles. The molecule has 0 unspecified atom stereocenters. The highest BCUT2D eigenvalue weighted by Crippen LogP contribution is 2.44. The number of hydrogen-bond donors (Lipinski definition) is 2. The van der Waals surface area contributed by atoms with Gasteiger partial charge in [0.1, 0.15) is 12.4 Å². The van der Waals surface area contributed by atoms with Gasteiger partial charge in [-0.15, -0.1) is 0 Å². The number of anilines is 2. The number of ether oxygens (including phenoxy) is 1. The van der Waals surface area contributed by atoms with E-state index in [1.807, 2.05) is 53.6 Å². The summed E-state index contributed by atoms with van der Waals surface area (Å²) in [5, 5.41) is 7.08. The lowest BCUT2D eigenvalue weighted by atomic mass is 9.96. The fourth-order valence-electron chi connectivity index (χ4n) is 5.12. The van der Waals surface area contributed by atoms with Crippen LogP contribution in [0.5, 0.6) is 0 Å². The Bertz CT molecular complexity index is 1540. The zero-order valence-electron chi connectivity index (χ0n) is 21.6. The summed E-state index contributed by atoms with van der Waals surface area (Å²) in [4.78, 5) is 18.7. The van der Waals surface area contributed by atoms with E-state index in [1.54, 1.807) is 24.4 Å². The number of aromatic nitrogens is 2. The first-order chi connectivity index (χ1) is 18.8. The Balaban J connectivity index is 1.61. The van der Waals surface area contributed by atoms with E-state index in [1.165, 1.54) is 19.2 Å². The Morgan fingerprint density at radius 2 is 1.95 bits per heavy atom. The number of pyridine rings is 1. The fraction of sp³-hybridized carbons (Fsp3) is 0.207. The molecule has 1 aliphatic heterocycles. The molecule has 1 saturated heterocycles. The summed E-state index contributed by atoms with van der Waals surface area (Å²) in [6, 6.07) is 19.2. The maximum Gasteiger partial charge on any atom is 0.250 e. The molecule has 0 spiro atoms. The summed E-state index contributed by atoms with van der Waals surface area (Å²) < 4.78 is 21.1. The van der Waals surface area contributed by atoms with Crippen LogP contribution in [-0.2, 0) is 9.53 Å². The second-order valence-electron chi connectivity index (χ2n) is 9.28. The van der Waals surface area contributed by atoms with Gasteiger partial charge >= 0.3 is 0 Å². The molecule has 0 bridgehead atoms. The van der Waals surface area contributed by atoms with Crippen LogP contribution in [0, 0.1) is 19.7 Å². The summed E-state index contributed by atoms with van der Waals surface area (Å²) in [5.41, 5.74) is 5.72. The normalized spacial score (nSPS) is 16.8. The van der Waals surface area contributed by atoms with Crippen LogP contribution in [0.25, 0.3) is 5.69 Å². The van der Waals surface area contributed by atoms with Gasteiger partial charge < -0.3 is 24.8 Å². The summed E-state index contributed by atoms with van der Waals surface area (Å²) in [6.07, 6.45) is 1.75. The van der Waals surface area contributed by atoms with Crippen LogP contribution in [0.1, 0.15) is 34.7 Å². The van der Waals surface area contributed by atoms with Crippen molar-refractivity contribution in [3.05, 3.63) is 106 Å². The number of carbonyl (C=O) groups is 1. The van der Waals surface area contributed by atoms with Crippen molar-refractivity contribution < 1.29 is 13.9 Å². The molecule has 4 aromatic rings. The van der Waals surface area contributed by atoms with Gasteiger partial charge in [0.25, 0.3) is 0 Å². The number of methoxy groups -OCH3 is 1. The third kappa shape index (κ3) is 5.25. The number of rotatable bonds is 7. The lowest BCUT2D eigenvalue weighted by Crippen LogP contribution is -2.29. The number of thiocarbonyl (C=S) groups is 1. The quantitative estimate of drug-likeness (QED) is 0.267. The first kappa shape index (κ1) is 26.8. The third-order valence-corrected chi connectivity index (χ3v) is 7.36. The number of aryl methyl sites for hydroxylation is 1. The molecular weight excluding hydrogens is 537 g/mol. The van der Waals surface area contributed by atoms with E-state index >= 15 is 0 Å². The molecule has 39 heavy (non-hydrogen) atoms. The maximum atomic E-state index is 14.1. The first-order valence-electron chi connectivity index (χ1n) is 12.3. The fourth-order valence-corrected chi connectivity index (χ4v) is 5.69. The first-order valence-corrected chi connectivity index (χ1v) is 13.1. The lowest BCUT2D eigenvalue weighted by molar-refractivity contribution is -0.119. The number of halogens is 2. The van der Waals surface area contributed by atoms with Crippen molar-refractivity contribution in [3.63, 3.8) is 0 Å². The molecule has 3 heterocycles. The van der Waals surface area contributed by atoms with Crippen molar-refractivity contribution in [3.8, 4) is 5.69 Å². The molecule has 0 radical (unpaired) electrons. The zero-order chi connectivity index (χ0) is 27.7. The largest absolute Gasteiger partial charge is 0.375 e. The van der Waals surface area contributed by atoms with Gasteiger partial charge in [0.15, 0.2) is 5.11 Å². The van der Waals surface area contributed by atoms with E-state index in [-0.39, 0.29) is 30.4 Å². The van der Waals surface area contributed by atoms with Crippen LogP contribution >= 0.6 is 23.8 Å². The monoisotopic (exact) mass is 563 g/mol. The van der Waals surface area contributed by atoms with Crippen molar-refractivity contribution in [2.75, 3.05) is 23.9 Å². The van der Waals surface area contributed by atoms with Crippen molar-refractivity contribution >= 4 is 46.2 Å². The van der Waals surface area contributed by atoms with Crippen molar-refractivity contribution in [2.24, 2.45) is 0 Å². The van der Waals surface area contributed by atoms with Crippen LogP contribution in [0.15, 0.2) is 72.9 Å². The number of nitrogens with zero attached hydrogens (tertiary/aromatic N) is 3. The highest BCUT2D eigenvalue weighted by atomic mass is 35.5. The molecule has 2 N–H and O–H groups in total. The van der Waals surface area contributed by atoms with Crippen LogP contribution in [0.3, 0.4) is 0 Å². The summed E-state index contributed by atoms with van der Waals surface area (Å²) in [7, 11) is 1.45. The van der Waals surface area contributed by atoms with Gasteiger partial charge in [0, 0.05) is 36.1 Å². The van der Waals surface area contributed by atoms with E-state index < -0.39 is 0 Å². The van der Waals surface area contributed by atoms with Crippen molar-refractivity contribution in [2.45, 2.75) is 25.9 Å². The number of hydrogen-bond acceptors (Lipinski definition) is 4. The van der Waals surface area contributed by atoms with Gasteiger partial charge in [-0.3, -0.25) is 9.78 Å². The number of amides is 1. The highest BCUT2D eigenvalue weighted by Gasteiger charge is 2.42. The Kier molecular flexibility index (Phi) is 7.65. The molecule has 5 rings (SSSR count). The molecule has 1 aliphatic rings. The topological polar surface area (TPSA) is 71.4 Å². The van der Waals surface area contributed by atoms with Crippen LogP contribution in [0.2, 0.25) is 5.02 Å². The van der Waals surface area contributed by atoms with E-state index in [0.29, 0.717) is 15.8 Å². The Labute approximate surface area is 236 Å². The van der Waals surface area contributed by atoms with Gasteiger partial charge in [-0.25, -0.2) is 4.39 Å². The van der Waals surface area contributed by atoms with Crippen LogP contribution in [0.4, 0.5) is 15.8 Å². The zero-order valence-corrected chi connectivity index (χ0v) is 23.2. The number of carbonyl (C=O) groups excluding carboxylic acids is 1. The minimum Gasteiger partial charge on any atom is -0.375 e. The van der Waals surface area contributed by atoms with Crippen LogP contribution in [-0.4, -0.2) is 34.3 Å². The summed E-state index contributed by atoms with van der Waals surface area (Å²) >= 11 is 12.5. The standard InChI is InChI=1S/C29H27ClFN5O2S/c1-17-13-22(18(2)35(17)20-8-6-7-19(31)14-20)28-27(25-9-4-5-12-32-25)34-29(39)36(28)21-10-11-24(23(30)15-21)33-26(37)16-38-3/h4-15,27-28H,16H2,1-3H3,(H,33,37)(H,34,39)/t27-,28+/m0/s1. The SMILES string of the molecule is COCC(=O)Nc1ccc(N2C(=S)N[C@@H](c3ccccn3)[C@H]2c2cc(C)n(-c3cccc(F)c3)c2C)cc1Cl. The minimum atomic E-state index is -0.302. The maximum absolute atomic E-state index is 14.1. The average Bonchev–Trinajstić information content (AvgIpc) is 3.40. The predicted octanol–water partition coefficient (Wildman–Crippen LogP) is 6.04. The Morgan fingerprint density at radius 3 is 2.64 bits per heavy atom. The van der Waals surface area contributed by atoms with Gasteiger partial charge in [0.05, 0.1) is 28.5 Å².